The summed E-state index contributed by atoms with van der Waals surface area (Å²) in [7, 11) is 0. The van der Waals surface area contributed by atoms with E-state index in [9.17, 15) is 4.79 Å². The second kappa shape index (κ2) is 5.27. The summed E-state index contributed by atoms with van der Waals surface area (Å²) in [5, 5.41) is 10.5. The van der Waals surface area contributed by atoms with Crippen molar-refractivity contribution in [1.82, 2.24) is 20.3 Å². The number of amides is 1. The van der Waals surface area contributed by atoms with E-state index in [0.29, 0.717) is 13.1 Å². The maximum Gasteiger partial charge on any atom is 0.227 e. The summed E-state index contributed by atoms with van der Waals surface area (Å²) in [5.41, 5.74) is 5.40. The SMILES string of the molecule is NCC1(C(=O)NCCCn2ccnn2)CCC1. The molecule has 1 amide bonds. The maximum absolute atomic E-state index is 11.9. The monoisotopic (exact) mass is 237 g/mol. The molecule has 1 aromatic rings. The smallest absolute Gasteiger partial charge is 0.227 e. The highest BCUT2D eigenvalue weighted by molar-refractivity contribution is 5.83. The summed E-state index contributed by atoms with van der Waals surface area (Å²) < 4.78 is 1.76. The zero-order valence-corrected chi connectivity index (χ0v) is 9.93. The van der Waals surface area contributed by atoms with Gasteiger partial charge in [0.1, 0.15) is 0 Å². The van der Waals surface area contributed by atoms with Gasteiger partial charge in [-0.3, -0.25) is 9.48 Å². The number of carbonyl (C=O) groups excluding carboxylic acids is 1. The van der Waals surface area contributed by atoms with Gasteiger partial charge in [0.15, 0.2) is 0 Å². The average molecular weight is 237 g/mol. The molecule has 0 unspecified atom stereocenters. The molecule has 0 spiro atoms. The van der Waals surface area contributed by atoms with Gasteiger partial charge >= 0.3 is 0 Å². The fraction of sp³-hybridized carbons (Fsp3) is 0.727. The van der Waals surface area contributed by atoms with Crippen LogP contribution in [0.4, 0.5) is 0 Å². The van der Waals surface area contributed by atoms with Gasteiger partial charge < -0.3 is 11.1 Å². The number of nitrogens with two attached hydrogens (primary N) is 1. The Morgan fingerprint density at radius 2 is 2.35 bits per heavy atom. The van der Waals surface area contributed by atoms with E-state index in [-0.39, 0.29) is 11.3 Å². The van der Waals surface area contributed by atoms with Crippen LogP contribution in [0, 0.1) is 5.41 Å². The van der Waals surface area contributed by atoms with Crippen molar-refractivity contribution in [2.45, 2.75) is 32.2 Å². The lowest BCUT2D eigenvalue weighted by atomic mass is 9.68. The summed E-state index contributed by atoms with van der Waals surface area (Å²) in [6, 6.07) is 0. The Morgan fingerprint density at radius 1 is 1.53 bits per heavy atom. The topological polar surface area (TPSA) is 85.8 Å². The molecule has 0 radical (unpaired) electrons. The second-order valence-corrected chi connectivity index (χ2v) is 4.61. The molecule has 0 aromatic carbocycles. The Labute approximate surface area is 101 Å². The van der Waals surface area contributed by atoms with Crippen molar-refractivity contribution in [3.8, 4) is 0 Å². The van der Waals surface area contributed by atoms with E-state index in [1.807, 2.05) is 6.20 Å². The Balaban J connectivity index is 1.66. The number of nitrogens with one attached hydrogen (secondary N) is 1. The van der Waals surface area contributed by atoms with E-state index in [1.54, 1.807) is 10.9 Å². The summed E-state index contributed by atoms with van der Waals surface area (Å²) >= 11 is 0. The fourth-order valence-corrected chi connectivity index (χ4v) is 2.11. The molecule has 0 aliphatic heterocycles. The van der Waals surface area contributed by atoms with Gasteiger partial charge in [-0.1, -0.05) is 11.6 Å². The molecule has 2 rings (SSSR count). The van der Waals surface area contributed by atoms with Crippen LogP contribution < -0.4 is 11.1 Å². The van der Waals surface area contributed by atoms with Gasteiger partial charge in [-0.05, 0) is 19.3 Å². The predicted octanol–water partition coefficient (Wildman–Crippen LogP) is -0.0866. The molecule has 94 valence electrons. The van der Waals surface area contributed by atoms with Crippen LogP contribution in [-0.4, -0.2) is 34.0 Å². The normalized spacial score (nSPS) is 17.5. The number of hydrogen-bond acceptors (Lipinski definition) is 4. The van der Waals surface area contributed by atoms with Gasteiger partial charge in [0.2, 0.25) is 5.91 Å². The molecule has 1 saturated carbocycles. The van der Waals surface area contributed by atoms with Gasteiger partial charge in [-0.2, -0.15) is 0 Å². The molecule has 0 atom stereocenters. The minimum absolute atomic E-state index is 0.116. The maximum atomic E-state index is 11.9. The third kappa shape index (κ3) is 2.63. The van der Waals surface area contributed by atoms with Crippen LogP contribution in [0.2, 0.25) is 0 Å². The lowest BCUT2D eigenvalue weighted by Crippen LogP contribution is -2.50. The van der Waals surface area contributed by atoms with E-state index in [2.05, 4.69) is 15.6 Å². The summed E-state index contributed by atoms with van der Waals surface area (Å²) in [6.07, 6.45) is 7.29. The molecule has 6 nitrogen and oxygen atoms in total. The van der Waals surface area contributed by atoms with Gasteiger partial charge in [-0.15, -0.1) is 5.10 Å². The molecule has 1 heterocycles. The molecule has 1 fully saturated rings. The zero-order valence-electron chi connectivity index (χ0n) is 9.93. The second-order valence-electron chi connectivity index (χ2n) is 4.61. The molecule has 1 aromatic heterocycles. The van der Waals surface area contributed by atoms with Crippen LogP contribution >= 0.6 is 0 Å². The van der Waals surface area contributed by atoms with Crippen LogP contribution in [0.3, 0.4) is 0 Å². The molecule has 1 aliphatic rings. The number of carbonyl (C=O) groups is 1. The molecule has 17 heavy (non-hydrogen) atoms. The van der Waals surface area contributed by atoms with Crippen molar-refractivity contribution in [2.24, 2.45) is 11.1 Å². The van der Waals surface area contributed by atoms with Crippen molar-refractivity contribution in [3.05, 3.63) is 12.4 Å². The summed E-state index contributed by atoms with van der Waals surface area (Å²) in [5.74, 6) is 0.116. The third-order valence-electron chi connectivity index (χ3n) is 3.50. The van der Waals surface area contributed by atoms with Crippen molar-refractivity contribution < 1.29 is 4.79 Å². The first-order chi connectivity index (χ1) is 8.27. The predicted molar refractivity (Wildman–Crippen MR) is 63.0 cm³/mol. The average Bonchev–Trinajstić information content (AvgIpc) is 2.76. The van der Waals surface area contributed by atoms with Crippen molar-refractivity contribution in [1.29, 1.82) is 0 Å². The van der Waals surface area contributed by atoms with Crippen LogP contribution in [0.15, 0.2) is 12.4 Å². The molecule has 0 bridgehead atoms. The Bertz CT molecular complexity index is 352. The fourth-order valence-electron chi connectivity index (χ4n) is 2.11. The Hall–Kier alpha value is -1.43. The van der Waals surface area contributed by atoms with Gasteiger partial charge in [-0.25, -0.2) is 0 Å². The highest BCUT2D eigenvalue weighted by atomic mass is 16.2. The lowest BCUT2D eigenvalue weighted by Gasteiger charge is -2.39. The Kier molecular flexibility index (Phi) is 3.73. The molecular weight excluding hydrogens is 218 g/mol. The van der Waals surface area contributed by atoms with Crippen LogP contribution in [-0.2, 0) is 11.3 Å². The standard InChI is InChI=1S/C11H19N5O/c12-9-11(3-1-4-11)10(17)13-5-2-7-16-8-6-14-15-16/h6,8H,1-5,7,9,12H2,(H,13,17). The van der Waals surface area contributed by atoms with E-state index < -0.39 is 0 Å². The summed E-state index contributed by atoms with van der Waals surface area (Å²) in [6.45, 7) is 1.90. The largest absolute Gasteiger partial charge is 0.356 e. The van der Waals surface area contributed by atoms with Crippen LogP contribution in [0.1, 0.15) is 25.7 Å². The quantitative estimate of drug-likeness (QED) is 0.677. The molecular formula is C11H19N5O. The number of rotatable bonds is 6. The number of aromatic nitrogens is 3. The van der Waals surface area contributed by atoms with Crippen LogP contribution in [0.25, 0.3) is 0 Å². The van der Waals surface area contributed by atoms with Gasteiger partial charge in [0, 0.05) is 25.8 Å². The van der Waals surface area contributed by atoms with Crippen LogP contribution in [0.5, 0.6) is 0 Å². The zero-order chi connectivity index (χ0) is 12.1. The number of nitrogens with zero attached hydrogens (tertiary/aromatic N) is 3. The highest BCUT2D eigenvalue weighted by Crippen LogP contribution is 2.39. The minimum Gasteiger partial charge on any atom is -0.356 e. The first-order valence-corrected chi connectivity index (χ1v) is 6.09. The van der Waals surface area contributed by atoms with E-state index in [4.69, 9.17) is 5.73 Å². The third-order valence-corrected chi connectivity index (χ3v) is 3.50. The molecule has 3 N–H and O–H groups in total. The van der Waals surface area contributed by atoms with Gasteiger partial charge in [0.05, 0.1) is 11.6 Å². The van der Waals surface area contributed by atoms with Crippen molar-refractivity contribution in [3.63, 3.8) is 0 Å². The van der Waals surface area contributed by atoms with E-state index >= 15 is 0 Å². The Morgan fingerprint density at radius 3 is 2.88 bits per heavy atom. The molecule has 1 aliphatic carbocycles. The lowest BCUT2D eigenvalue weighted by molar-refractivity contribution is -0.135. The van der Waals surface area contributed by atoms with Gasteiger partial charge in [0.25, 0.3) is 0 Å². The highest BCUT2D eigenvalue weighted by Gasteiger charge is 2.42. The molecule has 0 saturated heterocycles. The van der Waals surface area contributed by atoms with E-state index in [0.717, 1.165) is 32.2 Å². The molecule has 6 heteroatoms. The first-order valence-electron chi connectivity index (χ1n) is 6.09. The van der Waals surface area contributed by atoms with Crippen molar-refractivity contribution in [2.75, 3.05) is 13.1 Å². The number of aryl methyl sites for hydroxylation is 1. The van der Waals surface area contributed by atoms with E-state index in [1.165, 1.54) is 0 Å². The summed E-state index contributed by atoms with van der Waals surface area (Å²) in [4.78, 5) is 11.9. The minimum atomic E-state index is -0.271. The van der Waals surface area contributed by atoms with Crippen molar-refractivity contribution >= 4 is 5.91 Å². The number of hydrogen-bond donors (Lipinski definition) is 2. The first kappa shape index (κ1) is 12.0.